The molecule has 11 heteroatoms. The largest absolute Gasteiger partial charge is 0.432 e. The van der Waals surface area contributed by atoms with Gasteiger partial charge >= 0.3 is 6.61 Å². The number of amides is 1. The highest BCUT2D eigenvalue weighted by Gasteiger charge is 2.23. The van der Waals surface area contributed by atoms with Crippen molar-refractivity contribution in [2.75, 3.05) is 11.6 Å². The van der Waals surface area contributed by atoms with Gasteiger partial charge in [0.2, 0.25) is 0 Å². The van der Waals surface area contributed by atoms with Crippen molar-refractivity contribution in [1.29, 1.82) is 0 Å². The molecule has 3 rings (SSSR count). The van der Waals surface area contributed by atoms with Crippen LogP contribution >= 0.6 is 0 Å². The van der Waals surface area contributed by atoms with Gasteiger partial charge in [-0.25, -0.2) is 12.8 Å². The molecule has 2 aromatic carbocycles. The Hall–Kier alpha value is -3.31. The number of halogens is 3. The fraction of sp³-hybridized carbons (Fsp3) is 0.261. The van der Waals surface area contributed by atoms with Gasteiger partial charge in [-0.15, -0.1) is 0 Å². The number of alkyl halides is 2. The van der Waals surface area contributed by atoms with Crippen LogP contribution in [0.25, 0.3) is 5.69 Å². The summed E-state index contributed by atoms with van der Waals surface area (Å²) in [5.41, 5.74) is 1.34. The topological polar surface area (TPSA) is 97.6 Å². The Labute approximate surface area is 194 Å². The molecule has 0 saturated carbocycles. The lowest BCUT2D eigenvalue weighted by Gasteiger charge is -2.17. The Bertz CT molecular complexity index is 1300. The molecule has 0 fully saturated rings. The molecule has 182 valence electrons. The molecule has 0 spiro atoms. The van der Waals surface area contributed by atoms with Crippen molar-refractivity contribution in [2.24, 2.45) is 0 Å². The quantitative estimate of drug-likeness (QED) is 0.489. The molecule has 1 amide bonds. The summed E-state index contributed by atoms with van der Waals surface area (Å²) in [6.45, 7) is -0.103. The number of nitrogens with zero attached hydrogens (tertiary/aromatic N) is 1. The number of carbonyl (C=O) groups is 1. The maximum absolute atomic E-state index is 13.7. The van der Waals surface area contributed by atoms with E-state index < -0.39 is 40.0 Å². The molecule has 1 heterocycles. The first-order chi connectivity index (χ1) is 15.9. The smallest absolute Gasteiger partial charge is 0.387 e. The lowest BCUT2D eigenvalue weighted by atomic mass is 10.2. The van der Waals surface area contributed by atoms with Crippen LogP contribution in [0.15, 0.2) is 53.4 Å². The first kappa shape index (κ1) is 25.3. The lowest BCUT2D eigenvalue weighted by Crippen LogP contribution is -2.14. The number of hydrogen-bond acceptors (Lipinski definition) is 5. The zero-order valence-corrected chi connectivity index (χ0v) is 19.4. The molecule has 2 N–H and O–H groups in total. The number of aromatic nitrogens is 1. The summed E-state index contributed by atoms with van der Waals surface area (Å²) < 4.78 is 68.8. The fourth-order valence-electron chi connectivity index (χ4n) is 3.54. The number of nitrogens with one attached hydrogen (secondary N) is 1. The van der Waals surface area contributed by atoms with Crippen LogP contribution in [0, 0.1) is 12.7 Å². The zero-order valence-electron chi connectivity index (χ0n) is 18.6. The van der Waals surface area contributed by atoms with E-state index in [1.165, 1.54) is 47.9 Å². The number of aliphatic hydroxyl groups excluding tert-OH is 1. The van der Waals surface area contributed by atoms with Gasteiger partial charge in [0.25, 0.3) is 5.91 Å². The monoisotopic (exact) mass is 496 g/mol. The number of rotatable bonds is 8. The second-order valence-corrected chi connectivity index (χ2v) is 9.78. The van der Waals surface area contributed by atoms with Crippen LogP contribution < -0.4 is 10.1 Å². The number of hydrogen-bond donors (Lipinski definition) is 2. The number of aliphatic hydroxyl groups is 1. The molecular formula is C23H23F3N2O5S. The van der Waals surface area contributed by atoms with Gasteiger partial charge in [0.05, 0.1) is 22.3 Å². The third-order valence-corrected chi connectivity index (χ3v) is 6.12. The second kappa shape index (κ2) is 9.90. The lowest BCUT2D eigenvalue weighted by molar-refractivity contribution is -0.0500. The number of ether oxygens (including phenoxy) is 1. The molecule has 7 nitrogen and oxygen atoms in total. The van der Waals surface area contributed by atoms with Crippen molar-refractivity contribution in [3.05, 3.63) is 71.3 Å². The van der Waals surface area contributed by atoms with Crippen LogP contribution in [0.3, 0.4) is 0 Å². The van der Waals surface area contributed by atoms with E-state index in [9.17, 15) is 31.5 Å². The van der Waals surface area contributed by atoms with Crippen molar-refractivity contribution in [3.8, 4) is 11.4 Å². The van der Waals surface area contributed by atoms with Gasteiger partial charge in [-0.3, -0.25) is 4.79 Å². The van der Waals surface area contributed by atoms with E-state index in [0.717, 1.165) is 18.4 Å². The third-order valence-electron chi connectivity index (χ3n) is 4.99. The molecule has 0 aliphatic carbocycles. The molecule has 0 unspecified atom stereocenters. The molecule has 0 aliphatic heterocycles. The van der Waals surface area contributed by atoms with Gasteiger partial charge in [-0.1, -0.05) is 0 Å². The maximum Gasteiger partial charge on any atom is 0.387 e. The van der Waals surface area contributed by atoms with Gasteiger partial charge in [0.15, 0.2) is 15.6 Å². The number of sulfone groups is 1. The first-order valence-electron chi connectivity index (χ1n) is 10.1. The van der Waals surface area contributed by atoms with Crippen molar-refractivity contribution in [2.45, 2.75) is 37.9 Å². The molecular weight excluding hydrogens is 473 g/mol. The van der Waals surface area contributed by atoms with E-state index in [1.807, 2.05) is 0 Å². The van der Waals surface area contributed by atoms with Gasteiger partial charge < -0.3 is 19.7 Å². The highest BCUT2D eigenvalue weighted by molar-refractivity contribution is 7.90. The minimum atomic E-state index is -3.40. The maximum atomic E-state index is 13.7. The summed E-state index contributed by atoms with van der Waals surface area (Å²) in [7, 11) is -3.40. The van der Waals surface area contributed by atoms with E-state index in [1.54, 1.807) is 6.92 Å². The van der Waals surface area contributed by atoms with Crippen molar-refractivity contribution in [3.63, 3.8) is 0 Å². The van der Waals surface area contributed by atoms with Gasteiger partial charge in [-0.05, 0) is 56.3 Å². The summed E-state index contributed by atoms with van der Waals surface area (Å²) >= 11 is 0. The minimum absolute atomic E-state index is 0.0721. The zero-order chi connectivity index (χ0) is 25.2. The second-order valence-electron chi connectivity index (χ2n) is 7.76. The van der Waals surface area contributed by atoms with E-state index in [4.69, 9.17) is 0 Å². The molecule has 0 saturated heterocycles. The van der Waals surface area contributed by atoms with Gasteiger partial charge in [0.1, 0.15) is 5.82 Å². The predicted octanol–water partition coefficient (Wildman–Crippen LogP) is 4.11. The van der Waals surface area contributed by atoms with Gasteiger partial charge in [0, 0.05) is 35.8 Å². The summed E-state index contributed by atoms with van der Waals surface area (Å²) in [6, 6.07) is 10.2. The summed E-state index contributed by atoms with van der Waals surface area (Å²) in [5.74, 6) is -1.76. The number of benzene rings is 2. The van der Waals surface area contributed by atoms with E-state index in [-0.39, 0.29) is 22.6 Å². The molecule has 3 aromatic rings. The molecule has 0 aliphatic rings. The number of carbonyl (C=O) groups excluding carboxylic acids is 1. The fourth-order valence-corrected chi connectivity index (χ4v) is 4.17. The molecule has 1 atom stereocenters. The van der Waals surface area contributed by atoms with Crippen LogP contribution in [0.5, 0.6) is 5.75 Å². The van der Waals surface area contributed by atoms with E-state index in [0.29, 0.717) is 17.1 Å². The van der Waals surface area contributed by atoms with E-state index in [2.05, 4.69) is 10.1 Å². The minimum Gasteiger partial charge on any atom is -0.432 e. The van der Waals surface area contributed by atoms with Crippen molar-refractivity contribution < 1.29 is 36.2 Å². The molecule has 34 heavy (non-hydrogen) atoms. The van der Waals surface area contributed by atoms with Crippen LogP contribution in [0.4, 0.5) is 18.9 Å². The average molecular weight is 497 g/mol. The molecule has 1 aromatic heterocycles. The van der Waals surface area contributed by atoms with Crippen LogP contribution in [0.1, 0.15) is 28.7 Å². The normalized spacial score (nSPS) is 12.6. The Morgan fingerprint density at radius 1 is 1.15 bits per heavy atom. The average Bonchev–Trinajstić information content (AvgIpc) is 3.03. The Morgan fingerprint density at radius 2 is 1.79 bits per heavy atom. The highest BCUT2D eigenvalue weighted by Crippen LogP contribution is 2.31. The standard InChI is InChI=1S/C23H23F3N2O5S/c1-13(29)10-17-12-19(22(30)27-16-5-7-18(8-6-16)34(3,31)32)14(2)28(17)20-9-4-15(24)11-21(20)33-23(25)26/h4-9,11-13,23,29H,10H2,1-3H3,(H,27,30)/t13-/m0/s1. The van der Waals surface area contributed by atoms with Crippen LogP contribution in [0.2, 0.25) is 0 Å². The third kappa shape index (κ3) is 5.78. The Morgan fingerprint density at radius 3 is 2.35 bits per heavy atom. The molecule has 0 radical (unpaired) electrons. The molecule has 0 bridgehead atoms. The van der Waals surface area contributed by atoms with Crippen molar-refractivity contribution >= 4 is 21.4 Å². The predicted molar refractivity (Wildman–Crippen MR) is 120 cm³/mol. The first-order valence-corrected chi connectivity index (χ1v) is 12.0. The summed E-state index contributed by atoms with van der Waals surface area (Å²) in [6.07, 6.45) is 0.313. The highest BCUT2D eigenvalue weighted by atomic mass is 32.2. The number of anilines is 1. The summed E-state index contributed by atoms with van der Waals surface area (Å²) in [4.78, 5) is 13.1. The van der Waals surface area contributed by atoms with E-state index >= 15 is 0 Å². The Balaban J connectivity index is 2.03. The van der Waals surface area contributed by atoms with Crippen molar-refractivity contribution in [1.82, 2.24) is 4.57 Å². The summed E-state index contributed by atoms with van der Waals surface area (Å²) in [5, 5.41) is 12.6. The van der Waals surface area contributed by atoms with Crippen LogP contribution in [-0.2, 0) is 16.3 Å². The van der Waals surface area contributed by atoms with Crippen LogP contribution in [-0.4, -0.2) is 43.0 Å². The SMILES string of the molecule is Cc1c(C(=O)Nc2ccc(S(C)(=O)=O)cc2)cc(C[C@H](C)O)n1-c1ccc(F)cc1OC(F)F. The van der Waals surface area contributed by atoms with Gasteiger partial charge in [-0.2, -0.15) is 8.78 Å². The Kier molecular flexibility index (Phi) is 7.37.